The van der Waals surface area contributed by atoms with E-state index in [0.717, 1.165) is 25.2 Å². The van der Waals surface area contributed by atoms with Crippen molar-refractivity contribution < 1.29 is 9.53 Å². The normalized spacial score (nSPS) is 18.5. The minimum Gasteiger partial charge on any atom is -0.465 e. The molecular formula is C15H22N2O2. The van der Waals surface area contributed by atoms with Crippen molar-refractivity contribution in [3.8, 4) is 0 Å². The fourth-order valence-corrected chi connectivity index (χ4v) is 2.70. The minimum absolute atomic E-state index is 0.353. The van der Waals surface area contributed by atoms with Gasteiger partial charge in [-0.1, -0.05) is 26.0 Å². The summed E-state index contributed by atoms with van der Waals surface area (Å²) in [5, 5.41) is 0. The molecule has 0 aliphatic carbocycles. The molecule has 19 heavy (non-hydrogen) atoms. The lowest BCUT2D eigenvalue weighted by Crippen LogP contribution is -2.24. The summed E-state index contributed by atoms with van der Waals surface area (Å²) >= 11 is 0. The van der Waals surface area contributed by atoms with E-state index in [4.69, 9.17) is 10.5 Å². The fourth-order valence-electron chi connectivity index (χ4n) is 2.70. The third kappa shape index (κ3) is 3.07. The molecule has 0 atom stereocenters. The third-order valence-electron chi connectivity index (χ3n) is 3.72. The van der Waals surface area contributed by atoms with Crippen LogP contribution in [0.25, 0.3) is 0 Å². The SMILES string of the molecule is COC(=O)c1c(N)cccc1CN1CCC(C)(C)C1. The van der Waals surface area contributed by atoms with Crippen LogP contribution in [0.3, 0.4) is 0 Å². The average Bonchev–Trinajstić information content (AvgIpc) is 2.68. The number of ether oxygens (including phenoxy) is 1. The van der Waals surface area contributed by atoms with E-state index in [1.165, 1.54) is 13.5 Å². The Bertz CT molecular complexity index is 483. The summed E-state index contributed by atoms with van der Waals surface area (Å²) in [5.41, 5.74) is 8.21. The highest BCUT2D eigenvalue weighted by atomic mass is 16.5. The molecule has 1 heterocycles. The van der Waals surface area contributed by atoms with Crippen molar-refractivity contribution in [2.24, 2.45) is 5.41 Å². The van der Waals surface area contributed by atoms with E-state index >= 15 is 0 Å². The highest BCUT2D eigenvalue weighted by molar-refractivity contribution is 5.96. The van der Waals surface area contributed by atoms with Gasteiger partial charge in [-0.25, -0.2) is 4.79 Å². The van der Waals surface area contributed by atoms with E-state index in [-0.39, 0.29) is 5.97 Å². The lowest BCUT2D eigenvalue weighted by atomic mass is 9.93. The summed E-state index contributed by atoms with van der Waals surface area (Å²) in [6.45, 7) is 7.39. The molecule has 1 aromatic rings. The lowest BCUT2D eigenvalue weighted by molar-refractivity contribution is 0.0599. The van der Waals surface area contributed by atoms with E-state index < -0.39 is 0 Å². The summed E-state index contributed by atoms with van der Waals surface area (Å²) in [7, 11) is 1.39. The monoisotopic (exact) mass is 262 g/mol. The van der Waals surface area contributed by atoms with Gasteiger partial charge in [0.1, 0.15) is 0 Å². The number of carbonyl (C=O) groups is 1. The molecule has 1 aromatic carbocycles. The van der Waals surface area contributed by atoms with E-state index in [1.54, 1.807) is 6.07 Å². The van der Waals surface area contributed by atoms with Crippen LogP contribution < -0.4 is 5.73 Å². The second-order valence-corrected chi connectivity index (χ2v) is 6.00. The quantitative estimate of drug-likeness (QED) is 0.670. The van der Waals surface area contributed by atoms with Gasteiger partial charge in [0.05, 0.1) is 12.7 Å². The Kier molecular flexibility index (Phi) is 3.80. The Labute approximate surface area is 114 Å². The lowest BCUT2D eigenvalue weighted by Gasteiger charge is -2.21. The summed E-state index contributed by atoms with van der Waals surface area (Å²) in [6, 6.07) is 5.58. The van der Waals surface area contributed by atoms with Gasteiger partial charge < -0.3 is 10.5 Å². The molecule has 104 valence electrons. The molecule has 1 fully saturated rings. The van der Waals surface area contributed by atoms with E-state index in [2.05, 4.69) is 18.7 Å². The Balaban J connectivity index is 2.21. The van der Waals surface area contributed by atoms with Gasteiger partial charge >= 0.3 is 5.97 Å². The number of hydrogen-bond donors (Lipinski definition) is 1. The highest BCUT2D eigenvalue weighted by Gasteiger charge is 2.29. The number of esters is 1. The van der Waals surface area contributed by atoms with Gasteiger partial charge in [-0.05, 0) is 30.0 Å². The predicted octanol–water partition coefficient (Wildman–Crippen LogP) is 2.29. The summed E-state index contributed by atoms with van der Waals surface area (Å²) in [5.74, 6) is -0.355. The smallest absolute Gasteiger partial charge is 0.340 e. The van der Waals surface area contributed by atoms with Crippen LogP contribution in [0.1, 0.15) is 36.2 Å². The van der Waals surface area contributed by atoms with Crippen LogP contribution in [0.15, 0.2) is 18.2 Å². The van der Waals surface area contributed by atoms with Crippen LogP contribution in [0.2, 0.25) is 0 Å². The molecule has 1 saturated heterocycles. The van der Waals surface area contributed by atoms with Crippen molar-refractivity contribution in [3.05, 3.63) is 29.3 Å². The first-order valence-electron chi connectivity index (χ1n) is 6.61. The van der Waals surface area contributed by atoms with Gasteiger partial charge in [-0.15, -0.1) is 0 Å². The third-order valence-corrected chi connectivity index (χ3v) is 3.72. The number of nitrogens with two attached hydrogens (primary N) is 1. The number of benzene rings is 1. The molecule has 0 spiro atoms. The Morgan fingerprint density at radius 2 is 2.21 bits per heavy atom. The fraction of sp³-hybridized carbons (Fsp3) is 0.533. The molecule has 2 rings (SSSR count). The minimum atomic E-state index is -0.355. The summed E-state index contributed by atoms with van der Waals surface area (Å²) in [4.78, 5) is 14.2. The Morgan fingerprint density at radius 3 is 2.79 bits per heavy atom. The second-order valence-electron chi connectivity index (χ2n) is 6.00. The summed E-state index contributed by atoms with van der Waals surface area (Å²) < 4.78 is 4.83. The molecule has 0 saturated carbocycles. The number of methoxy groups -OCH3 is 1. The van der Waals surface area contributed by atoms with Crippen LogP contribution in [0, 0.1) is 5.41 Å². The molecule has 0 bridgehead atoms. The predicted molar refractivity (Wildman–Crippen MR) is 75.9 cm³/mol. The topological polar surface area (TPSA) is 55.6 Å². The van der Waals surface area contributed by atoms with Gasteiger partial charge in [-0.3, -0.25) is 4.90 Å². The van der Waals surface area contributed by atoms with Crippen LogP contribution in [0.4, 0.5) is 5.69 Å². The van der Waals surface area contributed by atoms with E-state index in [1.807, 2.05) is 12.1 Å². The molecule has 2 N–H and O–H groups in total. The van der Waals surface area contributed by atoms with Crippen molar-refractivity contribution in [1.82, 2.24) is 4.90 Å². The maximum Gasteiger partial charge on any atom is 0.340 e. The zero-order valence-electron chi connectivity index (χ0n) is 11.9. The maximum atomic E-state index is 11.8. The van der Waals surface area contributed by atoms with Crippen molar-refractivity contribution >= 4 is 11.7 Å². The average molecular weight is 262 g/mol. The van der Waals surface area contributed by atoms with Gasteiger partial charge in [0.2, 0.25) is 0 Å². The molecule has 0 amide bonds. The van der Waals surface area contributed by atoms with Crippen molar-refractivity contribution in [3.63, 3.8) is 0 Å². The largest absolute Gasteiger partial charge is 0.465 e. The van der Waals surface area contributed by atoms with Crippen molar-refractivity contribution in [2.75, 3.05) is 25.9 Å². The molecule has 1 aliphatic heterocycles. The van der Waals surface area contributed by atoms with Crippen molar-refractivity contribution in [2.45, 2.75) is 26.8 Å². The number of anilines is 1. The zero-order valence-corrected chi connectivity index (χ0v) is 11.9. The first-order chi connectivity index (χ1) is 8.93. The Hall–Kier alpha value is -1.55. The molecule has 4 heteroatoms. The van der Waals surface area contributed by atoms with Crippen molar-refractivity contribution in [1.29, 1.82) is 0 Å². The zero-order chi connectivity index (χ0) is 14.0. The highest BCUT2D eigenvalue weighted by Crippen LogP contribution is 2.30. The molecule has 0 aromatic heterocycles. The molecule has 0 unspecified atom stereocenters. The van der Waals surface area contributed by atoms with Crippen LogP contribution >= 0.6 is 0 Å². The van der Waals surface area contributed by atoms with E-state index in [9.17, 15) is 4.79 Å². The number of likely N-dealkylation sites (tertiary alicyclic amines) is 1. The summed E-state index contributed by atoms with van der Waals surface area (Å²) in [6.07, 6.45) is 1.18. The number of hydrogen-bond acceptors (Lipinski definition) is 4. The van der Waals surface area contributed by atoms with Gasteiger partial charge in [0.15, 0.2) is 0 Å². The maximum absolute atomic E-state index is 11.8. The van der Waals surface area contributed by atoms with Crippen LogP contribution in [-0.4, -0.2) is 31.1 Å². The number of rotatable bonds is 3. The molecule has 4 nitrogen and oxygen atoms in total. The van der Waals surface area contributed by atoms with Gasteiger partial charge in [0.25, 0.3) is 0 Å². The number of carbonyl (C=O) groups excluding carboxylic acids is 1. The van der Waals surface area contributed by atoms with Gasteiger partial charge in [-0.2, -0.15) is 0 Å². The number of nitrogens with zero attached hydrogens (tertiary/aromatic N) is 1. The standard InChI is InChI=1S/C15H22N2O2/c1-15(2)7-8-17(10-15)9-11-5-4-6-12(16)13(11)14(18)19-3/h4-6H,7-10,16H2,1-3H3. The van der Waals surface area contributed by atoms with E-state index in [0.29, 0.717) is 16.7 Å². The van der Waals surface area contributed by atoms with Gasteiger partial charge in [0, 0.05) is 18.8 Å². The molecular weight excluding hydrogens is 240 g/mol. The first kappa shape index (κ1) is 13.9. The molecule has 1 aliphatic rings. The molecule has 0 radical (unpaired) electrons. The van der Waals surface area contributed by atoms with Crippen LogP contribution in [-0.2, 0) is 11.3 Å². The second kappa shape index (κ2) is 5.21. The first-order valence-corrected chi connectivity index (χ1v) is 6.61. The Morgan fingerprint density at radius 1 is 1.47 bits per heavy atom. The van der Waals surface area contributed by atoms with Crippen LogP contribution in [0.5, 0.6) is 0 Å². The number of nitrogen functional groups attached to an aromatic ring is 1.